The monoisotopic (exact) mass is 510 g/mol. The fourth-order valence-corrected chi connectivity index (χ4v) is 6.29. The third kappa shape index (κ3) is 8.08. The molecule has 0 saturated carbocycles. The molecular weight excluding hydrogens is 483 g/mol. The lowest BCUT2D eigenvalue weighted by atomic mass is 10.1. The Labute approximate surface area is 197 Å². The first-order valence-corrected chi connectivity index (χ1v) is 13.2. The number of nitrogens with two attached hydrogens (primary N) is 2. The van der Waals surface area contributed by atoms with E-state index in [1.807, 2.05) is 0 Å². The molecule has 7 N–H and O–H groups in total. The molecule has 0 spiro atoms. The van der Waals surface area contributed by atoms with Crippen LogP contribution >= 0.6 is 7.60 Å². The lowest BCUT2D eigenvalue weighted by molar-refractivity contribution is -0.145. The summed E-state index contributed by atoms with van der Waals surface area (Å²) in [5, 5.41) is 10.5. The van der Waals surface area contributed by atoms with E-state index in [1.165, 1.54) is 44.2 Å². The summed E-state index contributed by atoms with van der Waals surface area (Å²) >= 11 is 0. The standard InChI is InChI=1S/C21H27N4O7PS/c1-14(2)19(25-34(30,31)12-11-15-7-4-3-5-8-15)33(28,29)32-18(20(26)27)16-9-6-10-17(13-16)24-21(22)23/h3-14,18-19,25H,1-2H3,(H,26,27)(H,28,29)(H4,22,23,24)/b12-11+. The minimum Gasteiger partial charge on any atom is -0.479 e. The Morgan fingerprint density at radius 3 is 2.35 bits per heavy atom. The van der Waals surface area contributed by atoms with Gasteiger partial charge in [-0.05, 0) is 35.3 Å². The molecular formula is C21H27N4O7PS. The molecule has 2 rings (SSSR count). The first kappa shape index (κ1) is 27.2. The molecule has 3 atom stereocenters. The number of carboxylic acids is 1. The number of sulfonamides is 1. The zero-order chi connectivity index (χ0) is 25.5. The lowest BCUT2D eigenvalue weighted by Crippen LogP contribution is -2.38. The van der Waals surface area contributed by atoms with Gasteiger partial charge in [-0.15, -0.1) is 0 Å². The largest absolute Gasteiger partial charge is 0.479 e. The highest BCUT2D eigenvalue weighted by molar-refractivity contribution is 7.92. The van der Waals surface area contributed by atoms with Gasteiger partial charge in [-0.25, -0.2) is 18.2 Å². The van der Waals surface area contributed by atoms with Crippen molar-refractivity contribution < 1.29 is 32.3 Å². The third-order valence-corrected chi connectivity index (χ3v) is 7.61. The number of guanidine groups is 1. The number of benzene rings is 2. The molecule has 3 unspecified atom stereocenters. The number of hydrogen-bond donors (Lipinski definition) is 5. The summed E-state index contributed by atoms with van der Waals surface area (Å²) in [5.41, 5.74) is 11.4. The van der Waals surface area contributed by atoms with Crippen molar-refractivity contribution in [1.29, 1.82) is 0 Å². The Bertz CT molecular complexity index is 1210. The van der Waals surface area contributed by atoms with Gasteiger partial charge in [-0.2, -0.15) is 4.72 Å². The lowest BCUT2D eigenvalue weighted by Gasteiger charge is -2.28. The zero-order valence-corrected chi connectivity index (χ0v) is 20.2. The number of carboxylic acid groups (broad SMARTS) is 1. The summed E-state index contributed by atoms with van der Waals surface area (Å²) in [6, 6.07) is 14.1. The van der Waals surface area contributed by atoms with Gasteiger partial charge in [0.25, 0.3) is 0 Å². The van der Waals surface area contributed by atoms with Crippen LogP contribution in [0.1, 0.15) is 31.1 Å². The van der Waals surface area contributed by atoms with Gasteiger partial charge >= 0.3 is 13.6 Å². The first-order valence-electron chi connectivity index (χ1n) is 9.99. The second kappa shape index (κ2) is 11.4. The predicted molar refractivity (Wildman–Crippen MR) is 129 cm³/mol. The van der Waals surface area contributed by atoms with Crippen LogP contribution in [-0.4, -0.2) is 36.1 Å². The Kier molecular flexibility index (Phi) is 9.14. The molecule has 184 valence electrons. The number of aliphatic carboxylic acids is 1. The molecule has 0 radical (unpaired) electrons. The number of hydrogen-bond acceptors (Lipinski definition) is 6. The van der Waals surface area contributed by atoms with E-state index in [1.54, 1.807) is 30.3 Å². The number of rotatable bonds is 11. The third-order valence-electron chi connectivity index (χ3n) is 4.42. The Morgan fingerprint density at radius 1 is 1.15 bits per heavy atom. The van der Waals surface area contributed by atoms with Crippen LogP contribution in [0.15, 0.2) is 65.0 Å². The molecule has 0 fully saturated rings. The highest BCUT2D eigenvalue weighted by Gasteiger charge is 2.41. The van der Waals surface area contributed by atoms with E-state index in [0.717, 1.165) is 5.41 Å². The van der Waals surface area contributed by atoms with Crippen molar-refractivity contribution in [3.05, 3.63) is 71.1 Å². The van der Waals surface area contributed by atoms with Crippen LogP contribution in [0, 0.1) is 5.92 Å². The van der Waals surface area contributed by atoms with Gasteiger partial charge in [0.05, 0.1) is 5.69 Å². The molecule has 0 amide bonds. The second-order valence-corrected chi connectivity index (χ2v) is 11.1. The zero-order valence-electron chi connectivity index (χ0n) is 18.5. The number of carbonyl (C=O) groups is 1. The van der Waals surface area contributed by atoms with Gasteiger partial charge in [-0.3, -0.25) is 9.09 Å². The molecule has 0 aliphatic carbocycles. The molecule has 0 aromatic heterocycles. The normalized spacial score (nSPS) is 15.5. The smallest absolute Gasteiger partial charge is 0.347 e. The molecule has 34 heavy (non-hydrogen) atoms. The molecule has 0 aliphatic heterocycles. The Morgan fingerprint density at radius 2 is 1.79 bits per heavy atom. The van der Waals surface area contributed by atoms with Crippen LogP contribution in [0.4, 0.5) is 5.69 Å². The first-order chi connectivity index (χ1) is 15.8. The fourth-order valence-electron chi connectivity index (χ4n) is 2.89. The topological polar surface area (TPSA) is 194 Å². The van der Waals surface area contributed by atoms with Crippen molar-refractivity contribution in [3.8, 4) is 0 Å². The van der Waals surface area contributed by atoms with Gasteiger partial charge in [-0.1, -0.05) is 56.3 Å². The SMILES string of the molecule is CC(C)C(NS(=O)(=O)/C=C/c1ccccc1)P(=O)(O)OC(C(=O)O)c1cccc(N=C(N)N)c1. The van der Waals surface area contributed by atoms with Gasteiger partial charge in [0, 0.05) is 5.41 Å². The summed E-state index contributed by atoms with van der Waals surface area (Å²) in [5.74, 6) is -4.18. The van der Waals surface area contributed by atoms with Crippen LogP contribution in [0.3, 0.4) is 0 Å². The van der Waals surface area contributed by atoms with E-state index in [4.69, 9.17) is 16.0 Å². The van der Waals surface area contributed by atoms with Gasteiger partial charge < -0.3 is 21.5 Å². The maximum Gasteiger partial charge on any atom is 0.347 e. The molecule has 0 aliphatic rings. The highest BCUT2D eigenvalue weighted by atomic mass is 32.2. The van der Waals surface area contributed by atoms with Crippen molar-refractivity contribution in [1.82, 2.24) is 4.72 Å². The van der Waals surface area contributed by atoms with Gasteiger partial charge in [0.1, 0.15) is 5.78 Å². The number of aliphatic imine (C=N–C) groups is 1. The van der Waals surface area contributed by atoms with Crippen molar-refractivity contribution in [2.45, 2.75) is 25.7 Å². The van der Waals surface area contributed by atoms with Crippen LogP contribution < -0.4 is 16.2 Å². The Hall–Kier alpha value is -3.02. The average molecular weight is 511 g/mol. The van der Waals surface area contributed by atoms with Crippen molar-refractivity contribution in [2.75, 3.05) is 0 Å². The van der Waals surface area contributed by atoms with E-state index in [-0.39, 0.29) is 17.2 Å². The van der Waals surface area contributed by atoms with Crippen LogP contribution in [0.2, 0.25) is 0 Å². The highest BCUT2D eigenvalue weighted by Crippen LogP contribution is 2.53. The molecule has 2 aromatic rings. The summed E-state index contributed by atoms with van der Waals surface area (Å²) in [6.07, 6.45) is -0.575. The molecule has 0 saturated heterocycles. The molecule has 0 bridgehead atoms. The minimum atomic E-state index is -4.86. The minimum absolute atomic E-state index is 0.0152. The van der Waals surface area contributed by atoms with Crippen LogP contribution in [0.5, 0.6) is 0 Å². The molecule has 2 aromatic carbocycles. The van der Waals surface area contributed by atoms with Crippen molar-refractivity contribution in [3.63, 3.8) is 0 Å². The van der Waals surface area contributed by atoms with Crippen LogP contribution in [-0.2, 0) is 23.9 Å². The second-order valence-electron chi connectivity index (χ2n) is 7.58. The summed E-state index contributed by atoms with van der Waals surface area (Å²) < 4.78 is 45.5. The van der Waals surface area contributed by atoms with Gasteiger partial charge in [0.2, 0.25) is 10.0 Å². The fraction of sp³-hybridized carbons (Fsp3) is 0.238. The summed E-state index contributed by atoms with van der Waals surface area (Å²) in [7, 11) is -9.04. The maximum absolute atomic E-state index is 13.1. The Balaban J connectivity index is 2.32. The molecule has 11 nitrogen and oxygen atoms in total. The van der Waals surface area contributed by atoms with E-state index in [2.05, 4.69) is 9.71 Å². The van der Waals surface area contributed by atoms with Gasteiger partial charge in [0.15, 0.2) is 12.1 Å². The molecule has 13 heteroatoms. The predicted octanol–water partition coefficient (Wildman–Crippen LogP) is 2.49. The number of nitrogens with one attached hydrogen (secondary N) is 1. The van der Waals surface area contributed by atoms with Crippen molar-refractivity contribution >= 4 is 41.3 Å². The summed E-state index contributed by atoms with van der Waals surface area (Å²) in [4.78, 5) is 26.3. The van der Waals surface area contributed by atoms with E-state index in [9.17, 15) is 27.8 Å². The van der Waals surface area contributed by atoms with E-state index >= 15 is 0 Å². The van der Waals surface area contributed by atoms with E-state index in [0.29, 0.717) is 5.56 Å². The summed E-state index contributed by atoms with van der Waals surface area (Å²) in [6.45, 7) is 2.99. The molecule has 0 heterocycles. The quantitative estimate of drug-likeness (QED) is 0.171. The number of nitrogens with zero attached hydrogens (tertiary/aromatic N) is 1. The van der Waals surface area contributed by atoms with Crippen molar-refractivity contribution in [2.24, 2.45) is 22.4 Å². The van der Waals surface area contributed by atoms with Crippen LogP contribution in [0.25, 0.3) is 6.08 Å². The average Bonchev–Trinajstić information content (AvgIpc) is 2.74. The maximum atomic E-state index is 13.1. The van der Waals surface area contributed by atoms with E-state index < -0.39 is 41.4 Å².